The van der Waals surface area contributed by atoms with Crippen molar-refractivity contribution in [2.75, 3.05) is 0 Å². The van der Waals surface area contributed by atoms with Gasteiger partial charge in [-0.15, -0.1) is 0 Å². The molecule has 0 aromatic heterocycles. The fourth-order valence-electron chi connectivity index (χ4n) is 5.55. The largest absolute Gasteiger partial charge is 0.481 e. The third kappa shape index (κ3) is 1.94. The Bertz CT molecular complexity index is 412. The number of nitrogens with two attached hydrogens (primary N) is 1. The van der Waals surface area contributed by atoms with E-state index in [2.05, 4.69) is 0 Å². The predicted octanol–water partition coefficient (Wildman–Crippen LogP) is 1.28. The van der Waals surface area contributed by atoms with E-state index in [0.717, 1.165) is 19.3 Å². The van der Waals surface area contributed by atoms with Gasteiger partial charge in [0.15, 0.2) is 0 Å². The number of primary amides is 1. The summed E-state index contributed by atoms with van der Waals surface area (Å²) in [4.78, 5) is 22.8. The second kappa shape index (κ2) is 4.45. The molecule has 5 nitrogen and oxygen atoms in total. The number of carbonyl (C=O) groups excluding carboxylic acids is 1. The molecule has 20 heavy (non-hydrogen) atoms. The van der Waals surface area contributed by atoms with Crippen molar-refractivity contribution < 1.29 is 19.8 Å². The molecule has 0 spiro atoms. The first-order chi connectivity index (χ1) is 9.34. The SMILES string of the molecule is NC(=O)C(O)(CCC(=O)O)C12CC3CC(CC(C3)C1)C2. The Morgan fingerprint density at radius 2 is 1.55 bits per heavy atom. The Kier molecular flexibility index (Phi) is 3.08. The molecule has 4 N–H and O–H groups in total. The maximum absolute atomic E-state index is 11.9. The average Bonchev–Trinajstić information content (AvgIpc) is 2.33. The smallest absolute Gasteiger partial charge is 0.303 e. The van der Waals surface area contributed by atoms with Crippen LogP contribution in [0.15, 0.2) is 0 Å². The van der Waals surface area contributed by atoms with Gasteiger partial charge in [0.25, 0.3) is 0 Å². The summed E-state index contributed by atoms with van der Waals surface area (Å²) < 4.78 is 0. The highest BCUT2D eigenvalue weighted by atomic mass is 16.4. The van der Waals surface area contributed by atoms with E-state index >= 15 is 0 Å². The number of carboxylic acids is 1. The van der Waals surface area contributed by atoms with Crippen molar-refractivity contribution in [3.05, 3.63) is 0 Å². The van der Waals surface area contributed by atoms with E-state index in [-0.39, 0.29) is 12.8 Å². The monoisotopic (exact) mass is 281 g/mol. The Morgan fingerprint density at radius 1 is 1.10 bits per heavy atom. The topological polar surface area (TPSA) is 101 Å². The van der Waals surface area contributed by atoms with Gasteiger partial charge < -0.3 is 15.9 Å². The van der Waals surface area contributed by atoms with Crippen molar-refractivity contribution in [2.24, 2.45) is 28.9 Å². The summed E-state index contributed by atoms with van der Waals surface area (Å²) in [6.45, 7) is 0. The van der Waals surface area contributed by atoms with Gasteiger partial charge in [0.2, 0.25) is 5.91 Å². The third-order valence-electron chi connectivity index (χ3n) is 6.02. The Hall–Kier alpha value is -1.10. The maximum atomic E-state index is 11.9. The molecule has 0 radical (unpaired) electrons. The molecule has 4 fully saturated rings. The van der Waals surface area contributed by atoms with Crippen LogP contribution in [0.2, 0.25) is 0 Å². The first-order valence-electron chi connectivity index (χ1n) is 7.59. The molecule has 4 bridgehead atoms. The van der Waals surface area contributed by atoms with E-state index in [0.29, 0.717) is 17.8 Å². The molecule has 0 heterocycles. The minimum Gasteiger partial charge on any atom is -0.481 e. The van der Waals surface area contributed by atoms with Crippen LogP contribution in [-0.4, -0.2) is 27.7 Å². The van der Waals surface area contributed by atoms with E-state index in [1.165, 1.54) is 19.3 Å². The molecular formula is C15H23NO4. The zero-order valence-electron chi connectivity index (χ0n) is 11.7. The molecular weight excluding hydrogens is 258 g/mol. The second-order valence-corrected chi connectivity index (χ2v) is 7.32. The molecule has 4 saturated carbocycles. The maximum Gasteiger partial charge on any atom is 0.303 e. The summed E-state index contributed by atoms with van der Waals surface area (Å²) in [5.41, 5.74) is 3.38. The number of amides is 1. The van der Waals surface area contributed by atoms with Crippen molar-refractivity contribution in [1.82, 2.24) is 0 Å². The van der Waals surface area contributed by atoms with Crippen molar-refractivity contribution in [3.63, 3.8) is 0 Å². The zero-order valence-corrected chi connectivity index (χ0v) is 11.7. The van der Waals surface area contributed by atoms with Crippen LogP contribution in [0, 0.1) is 23.2 Å². The fourth-order valence-corrected chi connectivity index (χ4v) is 5.55. The highest BCUT2D eigenvalue weighted by Crippen LogP contribution is 2.64. The van der Waals surface area contributed by atoms with Crippen molar-refractivity contribution in [1.29, 1.82) is 0 Å². The van der Waals surface area contributed by atoms with Crippen LogP contribution in [0.1, 0.15) is 51.4 Å². The van der Waals surface area contributed by atoms with Gasteiger partial charge in [-0.3, -0.25) is 9.59 Å². The van der Waals surface area contributed by atoms with Crippen LogP contribution in [0.25, 0.3) is 0 Å². The molecule has 1 atom stereocenters. The highest BCUT2D eigenvalue weighted by molar-refractivity contribution is 5.85. The van der Waals surface area contributed by atoms with Crippen LogP contribution < -0.4 is 5.73 Å². The molecule has 4 aliphatic carbocycles. The summed E-state index contributed by atoms with van der Waals surface area (Å²) in [6, 6.07) is 0. The molecule has 1 unspecified atom stereocenters. The van der Waals surface area contributed by atoms with Gasteiger partial charge in [-0.2, -0.15) is 0 Å². The number of hydrogen-bond donors (Lipinski definition) is 3. The van der Waals surface area contributed by atoms with Crippen molar-refractivity contribution in [2.45, 2.75) is 57.0 Å². The first-order valence-corrected chi connectivity index (χ1v) is 7.59. The molecule has 0 saturated heterocycles. The summed E-state index contributed by atoms with van der Waals surface area (Å²) >= 11 is 0. The fraction of sp³-hybridized carbons (Fsp3) is 0.867. The predicted molar refractivity (Wildman–Crippen MR) is 71.6 cm³/mol. The van der Waals surface area contributed by atoms with E-state index < -0.39 is 22.9 Å². The Morgan fingerprint density at radius 3 is 1.90 bits per heavy atom. The van der Waals surface area contributed by atoms with Crippen molar-refractivity contribution in [3.8, 4) is 0 Å². The lowest BCUT2D eigenvalue weighted by Crippen LogP contribution is -2.63. The quantitative estimate of drug-likeness (QED) is 0.706. The van der Waals surface area contributed by atoms with Crippen LogP contribution in [-0.2, 0) is 9.59 Å². The minimum atomic E-state index is -1.65. The van der Waals surface area contributed by atoms with Gasteiger partial charge in [0, 0.05) is 11.8 Å². The normalized spacial score (nSPS) is 41.4. The summed E-state index contributed by atoms with van der Waals surface area (Å²) in [6.07, 6.45) is 5.84. The number of carboxylic acid groups (broad SMARTS) is 1. The molecule has 4 rings (SSSR count). The van der Waals surface area contributed by atoms with Gasteiger partial charge in [-0.25, -0.2) is 0 Å². The van der Waals surface area contributed by atoms with Gasteiger partial charge >= 0.3 is 5.97 Å². The standard InChI is InChI=1S/C15H23NO4/c16-13(19)15(20,2-1-12(17)18)14-6-9-3-10(7-14)5-11(4-9)8-14/h9-11,20H,1-8H2,(H2,16,19)(H,17,18). The lowest BCUT2D eigenvalue weighted by Gasteiger charge is -2.61. The first kappa shape index (κ1) is 13.9. The van der Waals surface area contributed by atoms with E-state index in [1.54, 1.807) is 0 Å². The summed E-state index contributed by atoms with van der Waals surface area (Å²) in [5.74, 6) is 0.0148. The van der Waals surface area contributed by atoms with E-state index in [1.807, 2.05) is 0 Å². The molecule has 4 aliphatic rings. The third-order valence-corrected chi connectivity index (χ3v) is 6.02. The van der Waals surface area contributed by atoms with Gasteiger partial charge in [0.05, 0.1) is 0 Å². The zero-order chi connectivity index (χ0) is 14.5. The molecule has 0 aliphatic heterocycles. The van der Waals surface area contributed by atoms with E-state index in [4.69, 9.17) is 10.8 Å². The number of hydrogen-bond acceptors (Lipinski definition) is 3. The number of rotatable bonds is 5. The Labute approximate surface area is 118 Å². The Balaban J connectivity index is 1.90. The van der Waals surface area contributed by atoms with Gasteiger partial charge in [-0.1, -0.05) is 0 Å². The van der Waals surface area contributed by atoms with Crippen LogP contribution in [0.5, 0.6) is 0 Å². The number of aliphatic hydroxyl groups is 1. The number of carbonyl (C=O) groups is 2. The van der Waals surface area contributed by atoms with Crippen LogP contribution >= 0.6 is 0 Å². The van der Waals surface area contributed by atoms with Crippen molar-refractivity contribution >= 4 is 11.9 Å². The van der Waals surface area contributed by atoms with Crippen LogP contribution in [0.3, 0.4) is 0 Å². The second-order valence-electron chi connectivity index (χ2n) is 7.32. The number of aliphatic carboxylic acids is 1. The summed E-state index contributed by atoms with van der Waals surface area (Å²) in [7, 11) is 0. The molecule has 5 heteroatoms. The molecule has 112 valence electrons. The minimum absolute atomic E-state index is 0.0518. The molecule has 0 aromatic carbocycles. The molecule has 0 aromatic rings. The van der Waals surface area contributed by atoms with Crippen LogP contribution in [0.4, 0.5) is 0 Å². The molecule has 1 amide bonds. The lowest BCUT2D eigenvalue weighted by molar-refractivity contribution is -0.190. The summed E-state index contributed by atoms with van der Waals surface area (Å²) in [5, 5.41) is 19.8. The van der Waals surface area contributed by atoms with Gasteiger partial charge in [-0.05, 0) is 62.7 Å². The van der Waals surface area contributed by atoms with E-state index in [9.17, 15) is 14.7 Å². The van der Waals surface area contributed by atoms with Gasteiger partial charge in [0.1, 0.15) is 5.60 Å². The highest BCUT2D eigenvalue weighted by Gasteiger charge is 2.62. The average molecular weight is 281 g/mol. The lowest BCUT2D eigenvalue weighted by atomic mass is 9.44.